The molecule has 0 aliphatic carbocycles. The molecular formula is C16H11F2NO2. The number of fused-ring (bicyclic) bond motifs is 1. The smallest absolute Gasteiger partial charge is 0.352 e. The molecule has 3 nitrogen and oxygen atoms in total. The highest BCUT2D eigenvalue weighted by Crippen LogP contribution is 2.32. The second-order valence-electron chi connectivity index (χ2n) is 4.74. The third kappa shape index (κ3) is 1.98. The molecule has 0 saturated heterocycles. The first kappa shape index (κ1) is 13.3. The van der Waals surface area contributed by atoms with Crippen molar-refractivity contribution in [3.05, 3.63) is 59.8 Å². The number of benzene rings is 2. The summed E-state index contributed by atoms with van der Waals surface area (Å²) in [6, 6.07) is 10.5. The highest BCUT2D eigenvalue weighted by Gasteiger charge is 2.18. The molecular weight excluding hydrogens is 276 g/mol. The van der Waals surface area contributed by atoms with Crippen LogP contribution < -0.4 is 0 Å². The molecule has 0 amide bonds. The van der Waals surface area contributed by atoms with Crippen molar-refractivity contribution in [2.45, 2.75) is 0 Å². The summed E-state index contributed by atoms with van der Waals surface area (Å²) in [5, 5.41) is 9.83. The molecule has 3 rings (SSSR count). The maximum Gasteiger partial charge on any atom is 0.352 e. The summed E-state index contributed by atoms with van der Waals surface area (Å²) in [6.45, 7) is 0. The van der Waals surface area contributed by atoms with Crippen LogP contribution in [0.3, 0.4) is 0 Å². The quantitative estimate of drug-likeness (QED) is 0.778. The standard InChI is InChI=1S/C16H11F2NO2/c1-19-13(16(20)21)8-9-4-2-6-11(15(9)19)10-5-3-7-12(17)14(10)18/h2-8H,1H3,(H,20,21). The lowest BCUT2D eigenvalue weighted by atomic mass is 10.0. The Morgan fingerprint density at radius 2 is 1.76 bits per heavy atom. The summed E-state index contributed by atoms with van der Waals surface area (Å²) in [5.41, 5.74) is 1.21. The molecule has 1 heterocycles. The van der Waals surface area contributed by atoms with Gasteiger partial charge in [-0.2, -0.15) is 0 Å². The number of hydrogen-bond acceptors (Lipinski definition) is 1. The number of para-hydroxylation sites is 1. The van der Waals surface area contributed by atoms with Gasteiger partial charge in [0.2, 0.25) is 0 Å². The number of hydrogen-bond donors (Lipinski definition) is 1. The fourth-order valence-corrected chi connectivity index (χ4v) is 2.55. The molecule has 21 heavy (non-hydrogen) atoms. The van der Waals surface area contributed by atoms with Crippen molar-refractivity contribution < 1.29 is 18.7 Å². The minimum atomic E-state index is -1.07. The lowest BCUT2D eigenvalue weighted by Gasteiger charge is -2.08. The highest BCUT2D eigenvalue weighted by atomic mass is 19.2. The molecule has 1 N–H and O–H groups in total. The van der Waals surface area contributed by atoms with Crippen molar-refractivity contribution in [1.29, 1.82) is 0 Å². The zero-order valence-electron chi connectivity index (χ0n) is 11.1. The fourth-order valence-electron chi connectivity index (χ4n) is 2.55. The Morgan fingerprint density at radius 3 is 2.48 bits per heavy atom. The monoisotopic (exact) mass is 287 g/mol. The SMILES string of the molecule is Cn1c(C(=O)O)cc2cccc(-c3cccc(F)c3F)c21. The summed E-state index contributed by atoms with van der Waals surface area (Å²) in [5.74, 6) is -2.94. The number of carboxylic acid groups (broad SMARTS) is 1. The number of aromatic nitrogens is 1. The molecule has 0 atom stereocenters. The Morgan fingerprint density at radius 1 is 1.10 bits per heavy atom. The molecule has 5 heteroatoms. The molecule has 0 spiro atoms. The molecule has 1 aromatic heterocycles. The van der Waals surface area contributed by atoms with Crippen molar-refractivity contribution in [2.24, 2.45) is 7.05 Å². The molecule has 3 aromatic rings. The van der Waals surface area contributed by atoms with Gasteiger partial charge in [-0.05, 0) is 12.1 Å². The van der Waals surface area contributed by atoms with Crippen molar-refractivity contribution in [2.75, 3.05) is 0 Å². The molecule has 0 saturated carbocycles. The number of halogens is 2. The first-order valence-corrected chi connectivity index (χ1v) is 6.27. The normalized spacial score (nSPS) is 11.0. The molecule has 0 fully saturated rings. The number of nitrogens with zero attached hydrogens (tertiary/aromatic N) is 1. The van der Waals surface area contributed by atoms with Gasteiger partial charge in [0.25, 0.3) is 0 Å². The van der Waals surface area contributed by atoms with E-state index in [0.29, 0.717) is 16.5 Å². The molecule has 0 radical (unpaired) electrons. The molecule has 0 unspecified atom stereocenters. The van der Waals surface area contributed by atoms with Crippen LogP contribution in [0.5, 0.6) is 0 Å². The van der Waals surface area contributed by atoms with Crippen LogP contribution in [0, 0.1) is 11.6 Å². The molecule has 0 aliphatic rings. The van der Waals surface area contributed by atoms with Gasteiger partial charge >= 0.3 is 5.97 Å². The lowest BCUT2D eigenvalue weighted by Crippen LogP contribution is -2.04. The van der Waals surface area contributed by atoms with E-state index in [1.807, 2.05) is 0 Å². The van der Waals surface area contributed by atoms with E-state index in [9.17, 15) is 18.7 Å². The lowest BCUT2D eigenvalue weighted by molar-refractivity contribution is 0.0687. The van der Waals surface area contributed by atoms with Gasteiger partial charge in [-0.1, -0.05) is 30.3 Å². The van der Waals surface area contributed by atoms with Gasteiger partial charge in [0.1, 0.15) is 5.69 Å². The minimum absolute atomic E-state index is 0.0919. The predicted octanol–water partition coefficient (Wildman–Crippen LogP) is 3.82. The Kier molecular flexibility index (Phi) is 2.97. The van der Waals surface area contributed by atoms with Gasteiger partial charge in [-0.15, -0.1) is 0 Å². The summed E-state index contributed by atoms with van der Waals surface area (Å²) >= 11 is 0. The zero-order valence-corrected chi connectivity index (χ0v) is 11.1. The number of carboxylic acids is 1. The maximum atomic E-state index is 14.0. The Bertz CT molecular complexity index is 868. The maximum absolute atomic E-state index is 14.0. The zero-order chi connectivity index (χ0) is 15.1. The molecule has 2 aromatic carbocycles. The van der Waals surface area contributed by atoms with E-state index >= 15 is 0 Å². The minimum Gasteiger partial charge on any atom is -0.477 e. The van der Waals surface area contributed by atoms with Gasteiger partial charge < -0.3 is 9.67 Å². The van der Waals surface area contributed by atoms with Crippen LogP contribution in [-0.4, -0.2) is 15.6 Å². The number of rotatable bonds is 2. The van der Waals surface area contributed by atoms with E-state index in [1.165, 1.54) is 22.8 Å². The van der Waals surface area contributed by atoms with Gasteiger partial charge in [-0.3, -0.25) is 0 Å². The number of carbonyl (C=O) groups is 1. The van der Waals surface area contributed by atoms with Crippen LogP contribution in [0.25, 0.3) is 22.0 Å². The van der Waals surface area contributed by atoms with Gasteiger partial charge in [-0.25, -0.2) is 13.6 Å². The number of aromatic carboxylic acids is 1. The van der Waals surface area contributed by atoms with E-state index in [2.05, 4.69) is 0 Å². The van der Waals surface area contributed by atoms with Crippen molar-refractivity contribution in [3.63, 3.8) is 0 Å². The molecule has 0 aliphatic heterocycles. The van der Waals surface area contributed by atoms with E-state index in [0.717, 1.165) is 6.07 Å². The molecule has 0 bridgehead atoms. The predicted molar refractivity (Wildman–Crippen MR) is 75.2 cm³/mol. The third-order valence-corrected chi connectivity index (χ3v) is 3.52. The van der Waals surface area contributed by atoms with Crippen LogP contribution in [0.1, 0.15) is 10.5 Å². The first-order chi connectivity index (χ1) is 10.0. The first-order valence-electron chi connectivity index (χ1n) is 6.27. The largest absolute Gasteiger partial charge is 0.477 e. The van der Waals surface area contributed by atoms with Crippen LogP contribution in [0.15, 0.2) is 42.5 Å². The second kappa shape index (κ2) is 4.70. The summed E-state index contributed by atoms with van der Waals surface area (Å²) in [7, 11) is 1.59. The second-order valence-corrected chi connectivity index (χ2v) is 4.74. The van der Waals surface area contributed by atoms with Gasteiger partial charge in [0, 0.05) is 23.6 Å². The summed E-state index contributed by atoms with van der Waals surface area (Å²) in [4.78, 5) is 11.2. The van der Waals surface area contributed by atoms with Crippen molar-refractivity contribution >= 4 is 16.9 Å². The van der Waals surface area contributed by atoms with Crippen LogP contribution in [0.2, 0.25) is 0 Å². The topological polar surface area (TPSA) is 42.2 Å². The van der Waals surface area contributed by atoms with Crippen LogP contribution >= 0.6 is 0 Å². The third-order valence-electron chi connectivity index (χ3n) is 3.52. The van der Waals surface area contributed by atoms with Crippen LogP contribution in [0.4, 0.5) is 8.78 Å². The van der Waals surface area contributed by atoms with Gasteiger partial charge in [0.05, 0.1) is 5.52 Å². The van der Waals surface area contributed by atoms with Crippen molar-refractivity contribution in [1.82, 2.24) is 4.57 Å². The average molecular weight is 287 g/mol. The van der Waals surface area contributed by atoms with E-state index < -0.39 is 17.6 Å². The van der Waals surface area contributed by atoms with Gasteiger partial charge in [0.15, 0.2) is 11.6 Å². The summed E-state index contributed by atoms with van der Waals surface area (Å²) < 4.78 is 28.9. The fraction of sp³-hybridized carbons (Fsp3) is 0.0625. The molecule has 106 valence electrons. The Hall–Kier alpha value is -2.69. The Balaban J connectivity index is 2.38. The average Bonchev–Trinajstić information content (AvgIpc) is 2.80. The van der Waals surface area contributed by atoms with E-state index in [1.54, 1.807) is 25.2 Å². The number of aryl methyl sites for hydroxylation is 1. The van der Waals surface area contributed by atoms with Crippen molar-refractivity contribution in [3.8, 4) is 11.1 Å². The summed E-state index contributed by atoms with van der Waals surface area (Å²) in [6.07, 6.45) is 0. The highest BCUT2D eigenvalue weighted by molar-refractivity contribution is 6.00. The van der Waals surface area contributed by atoms with Crippen LogP contribution in [-0.2, 0) is 7.05 Å². The van der Waals surface area contributed by atoms with E-state index in [-0.39, 0.29) is 11.3 Å². The Labute approximate surface area is 119 Å². The van der Waals surface area contributed by atoms with E-state index in [4.69, 9.17) is 0 Å².